The number of carbonyl (C=O) groups is 1. The molecule has 28 heavy (non-hydrogen) atoms. The summed E-state index contributed by atoms with van der Waals surface area (Å²) in [6.07, 6.45) is 1.61. The van der Waals surface area contributed by atoms with Gasteiger partial charge in [-0.25, -0.2) is 4.98 Å². The molecule has 0 aliphatic carbocycles. The van der Waals surface area contributed by atoms with Crippen LogP contribution in [0.5, 0.6) is 11.5 Å². The molecule has 0 unspecified atom stereocenters. The first-order valence-corrected chi connectivity index (χ1v) is 9.23. The van der Waals surface area contributed by atoms with Gasteiger partial charge < -0.3 is 24.8 Å². The molecule has 1 aromatic carbocycles. The Morgan fingerprint density at radius 3 is 2.75 bits per heavy atom. The molecule has 3 rings (SSSR count). The molecule has 1 fully saturated rings. The Hall–Kier alpha value is -2.84. The first-order valence-electron chi connectivity index (χ1n) is 9.23. The number of rotatable bonds is 8. The van der Waals surface area contributed by atoms with Gasteiger partial charge >= 0.3 is 0 Å². The molecule has 1 aliphatic rings. The molecule has 0 atom stereocenters. The smallest absolute Gasteiger partial charge is 0.251 e. The third-order valence-electron chi connectivity index (χ3n) is 4.51. The van der Waals surface area contributed by atoms with E-state index in [4.69, 9.17) is 14.2 Å². The molecule has 0 saturated carbocycles. The quantitative estimate of drug-likeness (QED) is 0.717. The average Bonchev–Trinajstić information content (AvgIpc) is 2.75. The number of amides is 1. The lowest BCUT2D eigenvalue weighted by atomic mass is 10.2. The van der Waals surface area contributed by atoms with E-state index in [1.54, 1.807) is 38.6 Å². The topological polar surface area (TPSA) is 85.0 Å². The molecule has 8 heteroatoms. The minimum absolute atomic E-state index is 0.125. The first kappa shape index (κ1) is 19.9. The molecule has 0 spiro atoms. The van der Waals surface area contributed by atoms with E-state index in [1.165, 1.54) is 0 Å². The normalized spacial score (nSPS) is 14.4. The number of nitrogens with one attached hydrogen (secondary N) is 2. The Kier molecular flexibility index (Phi) is 7.05. The fraction of sp³-hybridized carbons (Fsp3) is 0.400. The summed E-state index contributed by atoms with van der Waals surface area (Å²) in [4.78, 5) is 19.0. The summed E-state index contributed by atoms with van der Waals surface area (Å²) in [5.74, 6) is 1.76. The molecule has 2 aromatic rings. The number of nitrogens with zero attached hydrogens (tertiary/aromatic N) is 2. The highest BCUT2D eigenvalue weighted by Crippen LogP contribution is 2.31. The number of hydrogen-bond donors (Lipinski definition) is 2. The van der Waals surface area contributed by atoms with Crippen LogP contribution in [0.2, 0.25) is 0 Å². The van der Waals surface area contributed by atoms with E-state index in [-0.39, 0.29) is 5.91 Å². The maximum atomic E-state index is 12.4. The number of anilines is 2. The number of aromatic nitrogens is 1. The summed E-state index contributed by atoms with van der Waals surface area (Å²) >= 11 is 0. The predicted molar refractivity (Wildman–Crippen MR) is 107 cm³/mol. The van der Waals surface area contributed by atoms with E-state index in [0.717, 1.165) is 38.5 Å². The number of morpholine rings is 1. The number of benzene rings is 1. The summed E-state index contributed by atoms with van der Waals surface area (Å²) in [5.41, 5.74) is 1.28. The molecular formula is C20H26N4O4. The van der Waals surface area contributed by atoms with Crippen LogP contribution in [0.4, 0.5) is 11.5 Å². The Labute approximate surface area is 164 Å². The van der Waals surface area contributed by atoms with Crippen LogP contribution in [0.25, 0.3) is 0 Å². The SMILES string of the molecule is COc1ccc(Nc2cc(C(=O)NCCN3CCOCC3)ccn2)c(OC)c1. The molecular weight excluding hydrogens is 360 g/mol. The molecule has 0 radical (unpaired) electrons. The highest BCUT2D eigenvalue weighted by molar-refractivity contribution is 5.95. The summed E-state index contributed by atoms with van der Waals surface area (Å²) in [7, 11) is 3.19. The van der Waals surface area contributed by atoms with Gasteiger partial charge in [-0.2, -0.15) is 0 Å². The van der Waals surface area contributed by atoms with Crippen molar-refractivity contribution in [3.63, 3.8) is 0 Å². The molecule has 8 nitrogen and oxygen atoms in total. The second kappa shape index (κ2) is 9.91. The van der Waals surface area contributed by atoms with Crippen LogP contribution in [0.15, 0.2) is 36.5 Å². The molecule has 1 aliphatic heterocycles. The Balaban J connectivity index is 1.59. The van der Waals surface area contributed by atoms with Crippen LogP contribution in [0.3, 0.4) is 0 Å². The zero-order valence-electron chi connectivity index (χ0n) is 16.2. The third-order valence-corrected chi connectivity index (χ3v) is 4.51. The molecule has 1 aromatic heterocycles. The minimum Gasteiger partial charge on any atom is -0.497 e. The third kappa shape index (κ3) is 5.34. The van der Waals surface area contributed by atoms with Crippen LogP contribution >= 0.6 is 0 Å². The average molecular weight is 386 g/mol. The van der Waals surface area contributed by atoms with Gasteiger partial charge in [-0.1, -0.05) is 0 Å². The van der Waals surface area contributed by atoms with E-state index in [9.17, 15) is 4.79 Å². The minimum atomic E-state index is -0.125. The van der Waals surface area contributed by atoms with E-state index in [0.29, 0.717) is 29.4 Å². The molecule has 2 N–H and O–H groups in total. The second-order valence-corrected chi connectivity index (χ2v) is 6.33. The van der Waals surface area contributed by atoms with Gasteiger partial charge in [0.25, 0.3) is 5.91 Å². The Morgan fingerprint density at radius 2 is 2.00 bits per heavy atom. The zero-order chi connectivity index (χ0) is 19.8. The Morgan fingerprint density at radius 1 is 1.18 bits per heavy atom. The monoisotopic (exact) mass is 386 g/mol. The largest absolute Gasteiger partial charge is 0.497 e. The zero-order valence-corrected chi connectivity index (χ0v) is 16.2. The molecule has 1 amide bonds. The lowest BCUT2D eigenvalue weighted by Gasteiger charge is -2.26. The van der Waals surface area contributed by atoms with Gasteiger partial charge in [-0.3, -0.25) is 9.69 Å². The predicted octanol–water partition coefficient (Wildman–Crippen LogP) is 1.90. The summed E-state index contributed by atoms with van der Waals surface area (Å²) in [6, 6.07) is 8.86. The van der Waals surface area contributed by atoms with Crippen LogP contribution in [0, 0.1) is 0 Å². The number of methoxy groups -OCH3 is 2. The van der Waals surface area contributed by atoms with Gasteiger partial charge in [0.05, 0.1) is 33.1 Å². The van der Waals surface area contributed by atoms with Crippen molar-refractivity contribution >= 4 is 17.4 Å². The lowest BCUT2D eigenvalue weighted by molar-refractivity contribution is 0.0383. The number of carbonyl (C=O) groups excluding carboxylic acids is 1. The lowest BCUT2D eigenvalue weighted by Crippen LogP contribution is -2.41. The van der Waals surface area contributed by atoms with Gasteiger partial charge in [-0.05, 0) is 24.3 Å². The van der Waals surface area contributed by atoms with Crippen LogP contribution < -0.4 is 20.1 Å². The van der Waals surface area contributed by atoms with Crippen LogP contribution in [-0.4, -0.2) is 69.4 Å². The second-order valence-electron chi connectivity index (χ2n) is 6.33. The van der Waals surface area contributed by atoms with E-state index in [2.05, 4.69) is 20.5 Å². The molecule has 150 valence electrons. The van der Waals surface area contributed by atoms with Gasteiger partial charge in [0.1, 0.15) is 17.3 Å². The van der Waals surface area contributed by atoms with E-state index >= 15 is 0 Å². The van der Waals surface area contributed by atoms with Gasteiger partial charge in [-0.15, -0.1) is 0 Å². The van der Waals surface area contributed by atoms with Crippen molar-refractivity contribution in [3.05, 3.63) is 42.1 Å². The van der Waals surface area contributed by atoms with Crippen molar-refractivity contribution in [2.45, 2.75) is 0 Å². The number of ether oxygens (including phenoxy) is 3. The van der Waals surface area contributed by atoms with Gasteiger partial charge in [0, 0.05) is 44.0 Å². The Bertz CT molecular complexity index is 794. The summed E-state index contributed by atoms with van der Waals surface area (Å²) in [6.45, 7) is 4.72. The van der Waals surface area contributed by atoms with E-state index < -0.39 is 0 Å². The highest BCUT2D eigenvalue weighted by atomic mass is 16.5. The van der Waals surface area contributed by atoms with Crippen molar-refractivity contribution in [3.8, 4) is 11.5 Å². The van der Waals surface area contributed by atoms with Crippen LogP contribution in [-0.2, 0) is 4.74 Å². The van der Waals surface area contributed by atoms with Crippen molar-refractivity contribution in [2.75, 3.05) is 58.9 Å². The fourth-order valence-electron chi connectivity index (χ4n) is 2.93. The summed E-state index contributed by atoms with van der Waals surface area (Å²) in [5, 5.41) is 6.14. The highest BCUT2D eigenvalue weighted by Gasteiger charge is 2.12. The van der Waals surface area contributed by atoms with Crippen molar-refractivity contribution < 1.29 is 19.0 Å². The fourth-order valence-corrected chi connectivity index (χ4v) is 2.93. The summed E-state index contributed by atoms with van der Waals surface area (Å²) < 4.78 is 15.9. The molecule has 2 heterocycles. The number of hydrogen-bond acceptors (Lipinski definition) is 7. The standard InChI is InChI=1S/C20H26N4O4/c1-26-16-3-4-17(18(14-16)27-2)23-19-13-15(5-6-21-19)20(25)22-7-8-24-9-11-28-12-10-24/h3-6,13-14H,7-12H2,1-2H3,(H,21,23)(H,22,25). The van der Waals surface area contributed by atoms with E-state index in [1.807, 2.05) is 12.1 Å². The van der Waals surface area contributed by atoms with Crippen molar-refractivity contribution in [1.29, 1.82) is 0 Å². The van der Waals surface area contributed by atoms with Gasteiger partial charge in [0.2, 0.25) is 0 Å². The van der Waals surface area contributed by atoms with Crippen LogP contribution in [0.1, 0.15) is 10.4 Å². The van der Waals surface area contributed by atoms with Crippen molar-refractivity contribution in [2.24, 2.45) is 0 Å². The molecule has 1 saturated heterocycles. The number of pyridine rings is 1. The first-order chi connectivity index (χ1) is 13.7. The maximum absolute atomic E-state index is 12.4. The van der Waals surface area contributed by atoms with Gasteiger partial charge in [0.15, 0.2) is 0 Å². The molecule has 0 bridgehead atoms. The van der Waals surface area contributed by atoms with Crippen molar-refractivity contribution in [1.82, 2.24) is 15.2 Å². The maximum Gasteiger partial charge on any atom is 0.251 e.